The predicted octanol–water partition coefficient (Wildman–Crippen LogP) is 4.45. The van der Waals surface area contributed by atoms with E-state index in [0.29, 0.717) is 6.04 Å². The fourth-order valence-electron chi connectivity index (χ4n) is 2.11. The van der Waals surface area contributed by atoms with Crippen molar-refractivity contribution in [1.82, 2.24) is 5.32 Å². The van der Waals surface area contributed by atoms with Gasteiger partial charge in [-0.15, -0.1) is 0 Å². The van der Waals surface area contributed by atoms with Gasteiger partial charge in [0.1, 0.15) is 11.5 Å². The molecule has 0 aliphatic carbocycles. The van der Waals surface area contributed by atoms with E-state index >= 15 is 0 Å². The fourth-order valence-corrected chi connectivity index (χ4v) is 2.29. The van der Waals surface area contributed by atoms with Gasteiger partial charge in [-0.2, -0.15) is 0 Å². The smallest absolute Gasteiger partial charge is 0.134 e. The summed E-state index contributed by atoms with van der Waals surface area (Å²) in [7, 11) is 0. The van der Waals surface area contributed by atoms with E-state index in [4.69, 9.17) is 16.0 Å². The maximum Gasteiger partial charge on any atom is 0.134 e. The van der Waals surface area contributed by atoms with E-state index in [1.807, 2.05) is 37.3 Å². The van der Waals surface area contributed by atoms with Crippen LogP contribution in [0, 0.1) is 6.92 Å². The molecule has 0 fully saturated rings. The summed E-state index contributed by atoms with van der Waals surface area (Å²) in [5.41, 5.74) is 2.11. The molecule has 0 aliphatic heterocycles. The maximum atomic E-state index is 6.14. The fraction of sp³-hybridized carbons (Fsp3) is 0.375. The Morgan fingerprint density at radius 3 is 2.74 bits per heavy atom. The highest BCUT2D eigenvalue weighted by atomic mass is 35.5. The van der Waals surface area contributed by atoms with Crippen LogP contribution in [0.4, 0.5) is 0 Å². The summed E-state index contributed by atoms with van der Waals surface area (Å²) in [5.74, 6) is 1.88. The first-order chi connectivity index (χ1) is 9.10. The second-order valence-electron chi connectivity index (χ2n) is 4.89. The van der Waals surface area contributed by atoms with Crippen LogP contribution in [0.15, 0.2) is 34.7 Å². The van der Waals surface area contributed by atoms with Gasteiger partial charge in [0, 0.05) is 23.0 Å². The molecule has 0 aliphatic rings. The van der Waals surface area contributed by atoms with Crippen LogP contribution in [0.25, 0.3) is 11.3 Å². The highest BCUT2D eigenvalue weighted by Gasteiger charge is 2.09. The zero-order valence-corrected chi connectivity index (χ0v) is 12.4. The van der Waals surface area contributed by atoms with Crippen molar-refractivity contribution in [2.75, 3.05) is 6.54 Å². The van der Waals surface area contributed by atoms with Gasteiger partial charge in [-0.05, 0) is 44.2 Å². The molecule has 1 aromatic heterocycles. The van der Waals surface area contributed by atoms with Crippen molar-refractivity contribution in [2.45, 2.75) is 33.2 Å². The van der Waals surface area contributed by atoms with Gasteiger partial charge >= 0.3 is 0 Å². The monoisotopic (exact) mass is 277 g/mol. The first-order valence-corrected chi connectivity index (χ1v) is 7.06. The lowest BCUT2D eigenvalue weighted by molar-refractivity contribution is 0.470. The molecular weight excluding hydrogens is 258 g/mol. The topological polar surface area (TPSA) is 25.2 Å². The third-order valence-corrected chi connectivity index (χ3v) is 3.59. The van der Waals surface area contributed by atoms with Gasteiger partial charge in [0.25, 0.3) is 0 Å². The minimum absolute atomic E-state index is 0.422. The Hall–Kier alpha value is -1.25. The third kappa shape index (κ3) is 3.62. The molecule has 1 aromatic carbocycles. The van der Waals surface area contributed by atoms with Gasteiger partial charge in [0.05, 0.1) is 0 Å². The van der Waals surface area contributed by atoms with E-state index in [1.54, 1.807) is 0 Å². The van der Waals surface area contributed by atoms with Crippen LogP contribution < -0.4 is 5.32 Å². The van der Waals surface area contributed by atoms with Gasteiger partial charge in [-0.1, -0.05) is 30.7 Å². The van der Waals surface area contributed by atoms with Gasteiger partial charge in [0.2, 0.25) is 0 Å². The molecule has 1 unspecified atom stereocenters. The first kappa shape index (κ1) is 14.2. The second kappa shape index (κ2) is 6.27. The molecule has 19 heavy (non-hydrogen) atoms. The van der Waals surface area contributed by atoms with E-state index in [2.05, 4.69) is 19.2 Å². The molecule has 2 rings (SSSR count). The average molecular weight is 278 g/mol. The van der Waals surface area contributed by atoms with Gasteiger partial charge in [-0.3, -0.25) is 0 Å². The lowest BCUT2D eigenvalue weighted by atomic mass is 10.1. The number of aryl methyl sites for hydroxylation is 1. The van der Waals surface area contributed by atoms with Crippen LogP contribution in [0.2, 0.25) is 5.02 Å². The summed E-state index contributed by atoms with van der Waals surface area (Å²) in [5, 5.41) is 4.15. The van der Waals surface area contributed by atoms with Crippen molar-refractivity contribution in [3.05, 3.63) is 46.7 Å². The van der Waals surface area contributed by atoms with Crippen molar-refractivity contribution < 1.29 is 4.42 Å². The van der Waals surface area contributed by atoms with Gasteiger partial charge in [-0.25, -0.2) is 0 Å². The Morgan fingerprint density at radius 1 is 1.26 bits per heavy atom. The van der Waals surface area contributed by atoms with Crippen LogP contribution >= 0.6 is 11.6 Å². The summed E-state index contributed by atoms with van der Waals surface area (Å²) in [6.07, 6.45) is 0.896. The first-order valence-electron chi connectivity index (χ1n) is 6.68. The van der Waals surface area contributed by atoms with Crippen molar-refractivity contribution in [2.24, 2.45) is 0 Å². The highest BCUT2D eigenvalue weighted by molar-refractivity contribution is 6.31. The molecule has 0 saturated carbocycles. The molecule has 2 aromatic rings. The Balaban J connectivity index is 2.14. The molecule has 0 spiro atoms. The Labute approximate surface area is 119 Å². The number of rotatable bonds is 5. The van der Waals surface area contributed by atoms with E-state index in [-0.39, 0.29) is 0 Å². The second-order valence-corrected chi connectivity index (χ2v) is 5.30. The molecule has 1 heterocycles. The van der Waals surface area contributed by atoms with Crippen molar-refractivity contribution in [3.63, 3.8) is 0 Å². The van der Waals surface area contributed by atoms with Crippen molar-refractivity contribution in [3.8, 4) is 11.3 Å². The Morgan fingerprint density at radius 2 is 2.05 bits per heavy atom. The van der Waals surface area contributed by atoms with Crippen LogP contribution in [0.5, 0.6) is 0 Å². The van der Waals surface area contributed by atoms with Crippen LogP contribution in [-0.2, 0) is 6.42 Å². The van der Waals surface area contributed by atoms with Crippen molar-refractivity contribution in [1.29, 1.82) is 0 Å². The van der Waals surface area contributed by atoms with E-state index in [1.165, 1.54) is 0 Å². The van der Waals surface area contributed by atoms with Gasteiger partial charge < -0.3 is 9.73 Å². The lowest BCUT2D eigenvalue weighted by Crippen LogP contribution is -2.27. The number of likely N-dealkylation sites (N-methyl/N-ethyl adjacent to an activating group) is 1. The minimum atomic E-state index is 0.422. The molecule has 2 nitrogen and oxygen atoms in total. The molecule has 0 amide bonds. The maximum absolute atomic E-state index is 6.14. The zero-order chi connectivity index (χ0) is 13.8. The normalized spacial score (nSPS) is 12.6. The molecular formula is C16H20ClNO. The highest BCUT2D eigenvalue weighted by Crippen LogP contribution is 2.27. The Kier molecular flexibility index (Phi) is 4.67. The summed E-state index contributed by atoms with van der Waals surface area (Å²) in [6.45, 7) is 7.24. The SMILES string of the molecule is CCNC(C)Cc1ccc(-c2ccc(C)c(Cl)c2)o1. The standard InChI is InChI=1S/C16H20ClNO/c1-4-18-12(3)9-14-7-8-16(19-14)13-6-5-11(2)15(17)10-13/h5-8,10,12,18H,4,9H2,1-3H3. The Bertz CT molecular complexity index is 547. The number of benzene rings is 1. The van der Waals surface area contributed by atoms with E-state index in [0.717, 1.165) is 40.6 Å². The number of nitrogens with one attached hydrogen (secondary N) is 1. The van der Waals surface area contributed by atoms with Crippen LogP contribution in [0.1, 0.15) is 25.2 Å². The summed E-state index contributed by atoms with van der Waals surface area (Å²) in [6, 6.07) is 10.5. The van der Waals surface area contributed by atoms with Gasteiger partial charge in [0.15, 0.2) is 0 Å². The summed E-state index contributed by atoms with van der Waals surface area (Å²) in [4.78, 5) is 0. The molecule has 1 atom stereocenters. The molecule has 1 N–H and O–H groups in total. The molecule has 102 valence electrons. The molecule has 0 radical (unpaired) electrons. The summed E-state index contributed by atoms with van der Waals surface area (Å²) < 4.78 is 5.88. The molecule has 0 saturated heterocycles. The van der Waals surface area contributed by atoms with Crippen LogP contribution in [-0.4, -0.2) is 12.6 Å². The molecule has 3 heteroatoms. The largest absolute Gasteiger partial charge is 0.461 e. The number of hydrogen-bond donors (Lipinski definition) is 1. The number of halogens is 1. The zero-order valence-electron chi connectivity index (χ0n) is 11.7. The quantitative estimate of drug-likeness (QED) is 0.873. The summed E-state index contributed by atoms with van der Waals surface area (Å²) >= 11 is 6.14. The number of hydrogen-bond acceptors (Lipinski definition) is 2. The average Bonchev–Trinajstić information content (AvgIpc) is 2.81. The predicted molar refractivity (Wildman–Crippen MR) is 80.7 cm³/mol. The van der Waals surface area contributed by atoms with Crippen LogP contribution in [0.3, 0.4) is 0 Å². The minimum Gasteiger partial charge on any atom is -0.461 e. The van der Waals surface area contributed by atoms with Crippen molar-refractivity contribution >= 4 is 11.6 Å². The number of furan rings is 1. The molecule has 0 bridgehead atoms. The lowest BCUT2D eigenvalue weighted by Gasteiger charge is -2.09. The van der Waals surface area contributed by atoms with E-state index < -0.39 is 0 Å². The third-order valence-electron chi connectivity index (χ3n) is 3.18. The van der Waals surface area contributed by atoms with E-state index in [9.17, 15) is 0 Å².